The van der Waals surface area contributed by atoms with E-state index in [4.69, 9.17) is 4.42 Å². The SMILES string of the molecule is CC[C@@H]1C[C@H](O)c2occc(=O)c2[C@H]1O. The van der Waals surface area contributed by atoms with Crippen molar-refractivity contribution >= 4 is 0 Å². The van der Waals surface area contributed by atoms with Crippen LogP contribution in [-0.4, -0.2) is 10.2 Å². The Kier molecular flexibility index (Phi) is 2.63. The molecule has 0 amide bonds. The van der Waals surface area contributed by atoms with E-state index in [0.29, 0.717) is 6.42 Å². The Morgan fingerprint density at radius 1 is 1.53 bits per heavy atom. The molecule has 0 aliphatic heterocycles. The highest BCUT2D eigenvalue weighted by Crippen LogP contribution is 2.39. The summed E-state index contributed by atoms with van der Waals surface area (Å²) in [5.41, 5.74) is -0.0379. The summed E-state index contributed by atoms with van der Waals surface area (Å²) in [4.78, 5) is 11.6. The molecule has 82 valence electrons. The van der Waals surface area contributed by atoms with E-state index in [1.165, 1.54) is 12.3 Å². The second-order valence-electron chi connectivity index (χ2n) is 3.93. The molecule has 2 N–H and O–H groups in total. The molecule has 1 heterocycles. The smallest absolute Gasteiger partial charge is 0.191 e. The molecule has 1 aromatic rings. The Morgan fingerprint density at radius 2 is 2.27 bits per heavy atom. The van der Waals surface area contributed by atoms with Gasteiger partial charge in [0.25, 0.3) is 0 Å². The number of fused-ring (bicyclic) bond motifs is 1. The van der Waals surface area contributed by atoms with Gasteiger partial charge in [0.15, 0.2) is 5.43 Å². The lowest BCUT2D eigenvalue weighted by atomic mass is 9.81. The summed E-state index contributed by atoms with van der Waals surface area (Å²) in [6.45, 7) is 1.93. The monoisotopic (exact) mass is 210 g/mol. The van der Waals surface area contributed by atoms with Gasteiger partial charge < -0.3 is 14.6 Å². The average Bonchev–Trinajstić information content (AvgIpc) is 2.23. The van der Waals surface area contributed by atoms with Crippen molar-refractivity contribution in [3.63, 3.8) is 0 Å². The first-order valence-electron chi connectivity index (χ1n) is 5.12. The van der Waals surface area contributed by atoms with Gasteiger partial charge in [0.2, 0.25) is 0 Å². The molecule has 2 rings (SSSR count). The third-order valence-electron chi connectivity index (χ3n) is 3.04. The van der Waals surface area contributed by atoms with Gasteiger partial charge >= 0.3 is 0 Å². The number of aliphatic hydroxyl groups is 2. The lowest BCUT2D eigenvalue weighted by Crippen LogP contribution is -2.28. The molecule has 0 fully saturated rings. The molecule has 0 saturated carbocycles. The Labute approximate surface area is 87.2 Å². The standard InChI is InChI=1S/C11H14O4/c1-2-6-5-8(13)11-9(10(6)14)7(12)3-4-15-11/h3-4,6,8,10,13-14H,2,5H2,1H3/t6-,8+,10+/m1/s1. The zero-order chi connectivity index (χ0) is 11.0. The van der Waals surface area contributed by atoms with E-state index in [9.17, 15) is 15.0 Å². The molecular weight excluding hydrogens is 196 g/mol. The highest BCUT2D eigenvalue weighted by Gasteiger charge is 2.35. The molecule has 1 aliphatic carbocycles. The van der Waals surface area contributed by atoms with E-state index in [1.807, 2.05) is 6.92 Å². The molecule has 4 nitrogen and oxygen atoms in total. The van der Waals surface area contributed by atoms with Crippen molar-refractivity contribution in [3.05, 3.63) is 33.9 Å². The highest BCUT2D eigenvalue weighted by molar-refractivity contribution is 5.25. The van der Waals surface area contributed by atoms with Crippen molar-refractivity contribution in [2.45, 2.75) is 32.0 Å². The van der Waals surface area contributed by atoms with Crippen molar-refractivity contribution in [2.75, 3.05) is 0 Å². The van der Waals surface area contributed by atoms with Gasteiger partial charge in [-0.05, 0) is 12.3 Å². The van der Waals surface area contributed by atoms with Crippen LogP contribution in [0.5, 0.6) is 0 Å². The van der Waals surface area contributed by atoms with Gasteiger partial charge in [-0.25, -0.2) is 0 Å². The minimum Gasteiger partial charge on any atom is -0.466 e. The Morgan fingerprint density at radius 3 is 2.93 bits per heavy atom. The number of rotatable bonds is 1. The zero-order valence-electron chi connectivity index (χ0n) is 8.51. The fourth-order valence-corrected chi connectivity index (χ4v) is 2.14. The molecule has 4 heteroatoms. The van der Waals surface area contributed by atoms with Crippen molar-refractivity contribution < 1.29 is 14.6 Å². The summed E-state index contributed by atoms with van der Waals surface area (Å²) in [6.07, 6.45) is 0.834. The van der Waals surface area contributed by atoms with Crippen LogP contribution >= 0.6 is 0 Å². The maximum atomic E-state index is 11.6. The van der Waals surface area contributed by atoms with E-state index in [2.05, 4.69) is 0 Å². The van der Waals surface area contributed by atoms with Crippen molar-refractivity contribution in [1.29, 1.82) is 0 Å². The van der Waals surface area contributed by atoms with Gasteiger partial charge in [-0.3, -0.25) is 4.79 Å². The second kappa shape index (κ2) is 3.79. The molecule has 0 spiro atoms. The van der Waals surface area contributed by atoms with Crippen molar-refractivity contribution in [1.82, 2.24) is 0 Å². The third kappa shape index (κ3) is 1.60. The predicted molar refractivity (Wildman–Crippen MR) is 53.3 cm³/mol. The zero-order valence-corrected chi connectivity index (χ0v) is 8.51. The first-order valence-corrected chi connectivity index (χ1v) is 5.12. The lowest BCUT2D eigenvalue weighted by Gasteiger charge is -2.30. The predicted octanol–water partition coefficient (Wildman–Crippen LogP) is 1.14. The van der Waals surface area contributed by atoms with Crippen LogP contribution in [0.1, 0.15) is 43.3 Å². The summed E-state index contributed by atoms with van der Waals surface area (Å²) < 4.78 is 5.10. The molecule has 0 bridgehead atoms. The molecule has 0 saturated heterocycles. The summed E-state index contributed by atoms with van der Waals surface area (Å²) in [6, 6.07) is 1.27. The van der Waals surface area contributed by atoms with E-state index >= 15 is 0 Å². The number of aliphatic hydroxyl groups excluding tert-OH is 2. The Bertz CT molecular complexity index is 409. The van der Waals surface area contributed by atoms with Gasteiger partial charge in [0.1, 0.15) is 11.9 Å². The van der Waals surface area contributed by atoms with Crippen LogP contribution in [0.25, 0.3) is 0 Å². The average molecular weight is 210 g/mol. The fourth-order valence-electron chi connectivity index (χ4n) is 2.14. The molecule has 1 aromatic heterocycles. The lowest BCUT2D eigenvalue weighted by molar-refractivity contribution is 0.0209. The minimum atomic E-state index is -0.814. The number of hydrogen-bond acceptors (Lipinski definition) is 4. The molecule has 3 atom stereocenters. The Balaban J connectivity index is 2.55. The Hall–Kier alpha value is -1.13. The van der Waals surface area contributed by atoms with Gasteiger partial charge in [-0.1, -0.05) is 13.3 Å². The summed E-state index contributed by atoms with van der Waals surface area (Å²) in [7, 11) is 0. The maximum absolute atomic E-state index is 11.6. The van der Waals surface area contributed by atoms with E-state index in [-0.39, 0.29) is 22.7 Å². The quantitative estimate of drug-likeness (QED) is 0.729. The summed E-state index contributed by atoms with van der Waals surface area (Å²) in [5, 5.41) is 19.7. The van der Waals surface area contributed by atoms with E-state index in [1.54, 1.807) is 0 Å². The summed E-state index contributed by atoms with van der Waals surface area (Å²) in [5.74, 6) is 0.150. The fraction of sp³-hybridized carbons (Fsp3) is 0.545. The normalized spacial score (nSPS) is 29.9. The van der Waals surface area contributed by atoms with Crippen LogP contribution in [0.3, 0.4) is 0 Å². The molecule has 1 aliphatic rings. The van der Waals surface area contributed by atoms with Crippen LogP contribution in [0.4, 0.5) is 0 Å². The van der Waals surface area contributed by atoms with Crippen LogP contribution in [-0.2, 0) is 0 Å². The van der Waals surface area contributed by atoms with Gasteiger partial charge in [-0.2, -0.15) is 0 Å². The third-order valence-corrected chi connectivity index (χ3v) is 3.04. The minimum absolute atomic E-state index is 0.0715. The molecule has 0 aromatic carbocycles. The second-order valence-corrected chi connectivity index (χ2v) is 3.93. The number of hydrogen-bond donors (Lipinski definition) is 2. The summed E-state index contributed by atoms with van der Waals surface area (Å²) >= 11 is 0. The van der Waals surface area contributed by atoms with E-state index < -0.39 is 12.2 Å². The molecule has 15 heavy (non-hydrogen) atoms. The first kappa shape index (κ1) is 10.4. The van der Waals surface area contributed by atoms with Crippen LogP contribution in [0, 0.1) is 5.92 Å². The van der Waals surface area contributed by atoms with Crippen molar-refractivity contribution in [2.24, 2.45) is 5.92 Å². The topological polar surface area (TPSA) is 70.7 Å². The van der Waals surface area contributed by atoms with Crippen LogP contribution in [0.2, 0.25) is 0 Å². The van der Waals surface area contributed by atoms with Crippen molar-refractivity contribution in [3.8, 4) is 0 Å². The molecule has 0 radical (unpaired) electrons. The van der Waals surface area contributed by atoms with Crippen LogP contribution < -0.4 is 5.43 Å². The highest BCUT2D eigenvalue weighted by atomic mass is 16.4. The van der Waals surface area contributed by atoms with Gasteiger partial charge in [-0.15, -0.1) is 0 Å². The molecule has 0 unspecified atom stereocenters. The molecular formula is C11H14O4. The van der Waals surface area contributed by atoms with Crippen LogP contribution in [0.15, 0.2) is 21.5 Å². The maximum Gasteiger partial charge on any atom is 0.191 e. The van der Waals surface area contributed by atoms with Gasteiger partial charge in [0, 0.05) is 6.07 Å². The van der Waals surface area contributed by atoms with E-state index in [0.717, 1.165) is 6.42 Å². The first-order chi connectivity index (χ1) is 7.15. The largest absolute Gasteiger partial charge is 0.466 e. The van der Waals surface area contributed by atoms with Gasteiger partial charge in [0.05, 0.1) is 17.9 Å².